The van der Waals surface area contributed by atoms with Gasteiger partial charge in [-0.05, 0) is 0 Å². The van der Waals surface area contributed by atoms with Gasteiger partial charge in [-0.3, -0.25) is 14.5 Å². The summed E-state index contributed by atoms with van der Waals surface area (Å²) in [5.41, 5.74) is 0.251. The summed E-state index contributed by atoms with van der Waals surface area (Å²) < 4.78 is 52.2. The molecule has 1 fully saturated rings. The smallest absolute Gasteiger partial charge is 0.387 e. The predicted molar refractivity (Wildman–Crippen MR) is 101 cm³/mol. The molecule has 32 heavy (non-hydrogen) atoms. The Morgan fingerprint density at radius 2 is 1.84 bits per heavy atom. The van der Waals surface area contributed by atoms with E-state index >= 15 is 0 Å². The summed E-state index contributed by atoms with van der Waals surface area (Å²) in [6.45, 7) is -0.695. The monoisotopic (exact) mass is 523 g/mol. The van der Waals surface area contributed by atoms with E-state index in [-0.39, 0.29) is 18.2 Å². The molecule has 1 saturated heterocycles. The Kier molecular flexibility index (Phi) is 7.02. The summed E-state index contributed by atoms with van der Waals surface area (Å²) in [7, 11) is -15.0. The van der Waals surface area contributed by atoms with Crippen LogP contribution in [0.25, 0.3) is 0 Å². The van der Waals surface area contributed by atoms with Gasteiger partial charge in [-0.1, -0.05) is 0 Å². The van der Waals surface area contributed by atoms with Gasteiger partial charge in [0.1, 0.15) is 29.8 Å². The van der Waals surface area contributed by atoms with Gasteiger partial charge in [-0.2, -0.15) is 8.62 Å². The lowest BCUT2D eigenvalue weighted by Gasteiger charge is -2.28. The van der Waals surface area contributed by atoms with E-state index in [1.165, 1.54) is 10.9 Å². The molecule has 1 aromatic heterocycles. The largest absolute Gasteiger partial charge is 0.490 e. The van der Waals surface area contributed by atoms with Crippen LogP contribution in [0, 0.1) is 5.41 Å². The minimum absolute atomic E-state index is 0.0924. The van der Waals surface area contributed by atoms with Crippen LogP contribution in [0.15, 0.2) is 6.33 Å². The SMILES string of the molecule is CN1CNc2c(ncn2[C@@H]2O[C@H](COP(=O)(O)OP(=O)(O)OP(=O)(O)O)[C@@H](O)[C@H]2O)C1=N. The van der Waals surface area contributed by atoms with Crippen LogP contribution in [0.1, 0.15) is 11.9 Å². The highest BCUT2D eigenvalue weighted by molar-refractivity contribution is 7.66. The van der Waals surface area contributed by atoms with Crippen molar-refractivity contribution in [2.45, 2.75) is 24.5 Å². The zero-order valence-electron chi connectivity index (χ0n) is 16.0. The molecular weight excluding hydrogens is 503 g/mol. The topological polar surface area (TPSA) is 266 Å². The standard InChI is InChI=1S/C11H20N5O13P3/c1-15-3-14-10-6(9(15)12)13-4-16(10)11-8(18)7(17)5(27-11)2-26-31(22,23)29-32(24,25)28-30(19,20)21/h4-5,7-8,11-12,14,17-18H,2-3H2,1H3,(H,22,23)(H,24,25)(H2,19,20,21)/t5-,7-,8-,11-/m1/s1. The number of phosphoric acid groups is 3. The number of nitrogens with one attached hydrogen (secondary N) is 2. The Hall–Kier alpha value is -1.23. The van der Waals surface area contributed by atoms with Gasteiger partial charge in [0, 0.05) is 7.05 Å². The third kappa shape index (κ3) is 5.63. The van der Waals surface area contributed by atoms with Crippen LogP contribution in [0.3, 0.4) is 0 Å². The first-order chi connectivity index (χ1) is 14.6. The van der Waals surface area contributed by atoms with Gasteiger partial charge in [-0.25, -0.2) is 18.7 Å². The van der Waals surface area contributed by atoms with Gasteiger partial charge in [-0.15, -0.1) is 0 Å². The quantitative estimate of drug-likeness (QED) is 0.180. The van der Waals surface area contributed by atoms with E-state index in [0.717, 1.165) is 0 Å². The molecule has 0 amide bonds. The molecule has 0 aromatic carbocycles. The van der Waals surface area contributed by atoms with Crippen molar-refractivity contribution in [2.75, 3.05) is 25.6 Å². The molecule has 0 spiro atoms. The molecule has 8 N–H and O–H groups in total. The van der Waals surface area contributed by atoms with Crippen LogP contribution < -0.4 is 5.32 Å². The maximum atomic E-state index is 11.8. The minimum Gasteiger partial charge on any atom is -0.387 e. The molecule has 0 bridgehead atoms. The van der Waals surface area contributed by atoms with Crippen molar-refractivity contribution in [3.63, 3.8) is 0 Å². The number of fused-ring (bicyclic) bond motifs is 1. The maximum Gasteiger partial charge on any atom is 0.490 e. The third-order valence-electron chi connectivity index (χ3n) is 4.31. The highest BCUT2D eigenvalue weighted by Crippen LogP contribution is 2.66. The molecule has 2 aliphatic rings. The second kappa shape index (κ2) is 8.85. The lowest BCUT2D eigenvalue weighted by Crippen LogP contribution is -2.38. The van der Waals surface area contributed by atoms with Crippen LogP contribution in [0.4, 0.5) is 5.82 Å². The number of anilines is 1. The zero-order chi connectivity index (χ0) is 24.1. The summed E-state index contributed by atoms with van der Waals surface area (Å²) in [5, 5.41) is 31.5. The molecule has 3 rings (SSSR count). The second-order valence-electron chi connectivity index (χ2n) is 6.66. The number of ether oxygens (including phenoxy) is 1. The lowest BCUT2D eigenvalue weighted by atomic mass is 10.1. The maximum absolute atomic E-state index is 11.8. The Morgan fingerprint density at radius 1 is 1.19 bits per heavy atom. The number of hydrogen-bond acceptors (Lipinski definition) is 12. The number of rotatable bonds is 8. The first-order valence-electron chi connectivity index (χ1n) is 8.51. The average molecular weight is 523 g/mol. The number of aliphatic hydroxyl groups excluding tert-OH is 2. The van der Waals surface area contributed by atoms with E-state index in [9.17, 15) is 28.8 Å². The highest BCUT2D eigenvalue weighted by Gasteiger charge is 2.47. The van der Waals surface area contributed by atoms with Gasteiger partial charge >= 0.3 is 23.5 Å². The van der Waals surface area contributed by atoms with E-state index in [1.807, 2.05) is 0 Å². The molecule has 6 atom stereocenters. The summed E-state index contributed by atoms with van der Waals surface area (Å²) in [6.07, 6.45) is -4.67. The lowest BCUT2D eigenvalue weighted by molar-refractivity contribution is -0.0511. The van der Waals surface area contributed by atoms with E-state index in [0.29, 0.717) is 5.82 Å². The first kappa shape index (κ1) is 25.4. The van der Waals surface area contributed by atoms with Gasteiger partial charge in [0.05, 0.1) is 19.6 Å². The molecule has 21 heteroatoms. The number of imidazole rings is 1. The van der Waals surface area contributed by atoms with Crippen LogP contribution in [-0.4, -0.2) is 88.7 Å². The van der Waals surface area contributed by atoms with E-state index in [4.69, 9.17) is 24.8 Å². The molecule has 18 nitrogen and oxygen atoms in total. The van der Waals surface area contributed by atoms with Gasteiger partial charge in [0.25, 0.3) is 0 Å². The van der Waals surface area contributed by atoms with Crippen molar-refractivity contribution < 1.29 is 61.4 Å². The van der Waals surface area contributed by atoms with Crippen molar-refractivity contribution >= 4 is 35.1 Å². The van der Waals surface area contributed by atoms with Crippen LogP contribution in [-0.2, 0) is 31.6 Å². The fourth-order valence-electron chi connectivity index (χ4n) is 2.92. The van der Waals surface area contributed by atoms with E-state index < -0.39 is 54.6 Å². The summed E-state index contributed by atoms with van der Waals surface area (Å²) >= 11 is 0. The van der Waals surface area contributed by atoms with Crippen LogP contribution in [0.2, 0.25) is 0 Å². The van der Waals surface area contributed by atoms with Crippen molar-refractivity contribution in [3.05, 3.63) is 12.0 Å². The Labute approximate surface area is 179 Å². The fourth-order valence-corrected chi connectivity index (χ4v) is 5.95. The predicted octanol–water partition coefficient (Wildman–Crippen LogP) is -1.51. The Morgan fingerprint density at radius 3 is 2.47 bits per heavy atom. The van der Waals surface area contributed by atoms with Gasteiger partial charge in [0.2, 0.25) is 0 Å². The van der Waals surface area contributed by atoms with Crippen LogP contribution >= 0.6 is 23.5 Å². The third-order valence-corrected chi connectivity index (χ3v) is 8.12. The summed E-state index contributed by atoms with van der Waals surface area (Å²) in [4.78, 5) is 41.3. The summed E-state index contributed by atoms with van der Waals surface area (Å²) in [5.74, 6) is 0.410. The molecule has 3 heterocycles. The van der Waals surface area contributed by atoms with Crippen molar-refractivity contribution in [3.8, 4) is 0 Å². The van der Waals surface area contributed by atoms with Gasteiger partial charge < -0.3 is 44.7 Å². The molecule has 1 aromatic rings. The number of phosphoric ester groups is 1. The van der Waals surface area contributed by atoms with E-state index in [1.54, 1.807) is 11.9 Å². The molecule has 2 unspecified atom stereocenters. The summed E-state index contributed by atoms with van der Waals surface area (Å²) in [6, 6.07) is 0. The van der Waals surface area contributed by atoms with Crippen LogP contribution in [0.5, 0.6) is 0 Å². The fraction of sp³-hybridized carbons (Fsp3) is 0.636. The van der Waals surface area contributed by atoms with Crippen molar-refractivity contribution in [1.82, 2.24) is 14.5 Å². The number of hydrogen-bond donors (Lipinski definition) is 8. The average Bonchev–Trinajstić information content (AvgIpc) is 3.16. The molecule has 0 radical (unpaired) electrons. The molecule has 0 aliphatic carbocycles. The van der Waals surface area contributed by atoms with E-state index in [2.05, 4.69) is 23.4 Å². The van der Waals surface area contributed by atoms with Gasteiger partial charge in [0.15, 0.2) is 12.1 Å². The van der Waals surface area contributed by atoms with Crippen molar-refractivity contribution in [2.24, 2.45) is 0 Å². The number of aromatic nitrogens is 2. The first-order valence-corrected chi connectivity index (χ1v) is 13.0. The Balaban J connectivity index is 1.67. The minimum atomic E-state index is -5.70. The number of amidine groups is 1. The van der Waals surface area contributed by atoms with Crippen molar-refractivity contribution in [1.29, 1.82) is 5.41 Å². The normalized spacial score (nSPS) is 29.8. The highest BCUT2D eigenvalue weighted by atomic mass is 31.3. The number of aliphatic hydroxyl groups is 2. The zero-order valence-corrected chi connectivity index (χ0v) is 18.7. The number of nitrogens with zero attached hydrogens (tertiary/aromatic N) is 3. The molecular formula is C11H20N5O13P3. The molecule has 2 aliphatic heterocycles. The Bertz CT molecular complexity index is 1030. The second-order valence-corrected chi connectivity index (χ2v) is 11.1. The molecule has 182 valence electrons. The molecule has 0 saturated carbocycles.